The largest absolute Gasteiger partial charge is 0.502 e. The molecule has 0 atom stereocenters. The highest BCUT2D eigenvalue weighted by Crippen LogP contribution is 2.31. The Morgan fingerprint density at radius 1 is 1.25 bits per heavy atom. The quantitative estimate of drug-likeness (QED) is 0.552. The number of nitrogens with one attached hydrogen (secondary N) is 1. The van der Waals surface area contributed by atoms with E-state index in [1.54, 1.807) is 6.07 Å². The van der Waals surface area contributed by atoms with Crippen molar-refractivity contribution in [3.8, 4) is 17.1 Å². The zero-order chi connectivity index (χ0) is 14.3. The van der Waals surface area contributed by atoms with Crippen LogP contribution in [0, 0.1) is 17.0 Å². The Hall–Kier alpha value is -2.89. The molecule has 1 heterocycles. The summed E-state index contributed by atoms with van der Waals surface area (Å²) < 4.78 is 0. The van der Waals surface area contributed by atoms with E-state index < -0.39 is 4.92 Å². The summed E-state index contributed by atoms with van der Waals surface area (Å²) >= 11 is 0. The molecule has 3 aromatic rings. The molecule has 3 rings (SSSR count). The van der Waals surface area contributed by atoms with Crippen molar-refractivity contribution in [1.82, 2.24) is 9.97 Å². The monoisotopic (exact) mass is 269 g/mol. The number of phenolic OH excluding ortho intramolecular Hbond substituents is 1. The van der Waals surface area contributed by atoms with Crippen LogP contribution < -0.4 is 0 Å². The molecule has 0 bridgehead atoms. The number of imidazole rings is 1. The van der Waals surface area contributed by atoms with Crippen molar-refractivity contribution in [3.63, 3.8) is 0 Å². The SMILES string of the molecule is Cc1ccc2nc(-c3ccc(O)c([N+](=O)[O-])c3)[nH]c2c1. The second-order valence-electron chi connectivity index (χ2n) is 4.57. The number of aromatic hydroxyl groups is 1. The minimum atomic E-state index is -0.619. The van der Waals surface area contributed by atoms with E-state index in [0.717, 1.165) is 16.6 Å². The van der Waals surface area contributed by atoms with Gasteiger partial charge in [-0.2, -0.15) is 0 Å². The molecule has 0 fully saturated rings. The number of aryl methyl sites for hydroxylation is 1. The minimum Gasteiger partial charge on any atom is -0.502 e. The summed E-state index contributed by atoms with van der Waals surface area (Å²) in [7, 11) is 0. The van der Waals surface area contributed by atoms with E-state index in [-0.39, 0.29) is 11.4 Å². The van der Waals surface area contributed by atoms with Gasteiger partial charge in [-0.3, -0.25) is 10.1 Å². The molecule has 6 heteroatoms. The number of nitrogens with zero attached hydrogens (tertiary/aromatic N) is 2. The Morgan fingerprint density at radius 2 is 2.05 bits per heavy atom. The third-order valence-electron chi connectivity index (χ3n) is 3.08. The van der Waals surface area contributed by atoms with Crippen LogP contribution in [0.25, 0.3) is 22.4 Å². The highest BCUT2D eigenvalue weighted by Gasteiger charge is 2.15. The van der Waals surface area contributed by atoms with Crippen molar-refractivity contribution in [2.45, 2.75) is 6.92 Å². The van der Waals surface area contributed by atoms with E-state index in [2.05, 4.69) is 9.97 Å². The van der Waals surface area contributed by atoms with Crippen LogP contribution in [0.2, 0.25) is 0 Å². The summed E-state index contributed by atoms with van der Waals surface area (Å²) in [5, 5.41) is 20.3. The summed E-state index contributed by atoms with van der Waals surface area (Å²) in [6.45, 7) is 1.98. The number of rotatable bonds is 2. The molecule has 0 aliphatic rings. The van der Waals surface area contributed by atoms with E-state index in [0.29, 0.717) is 11.4 Å². The Kier molecular flexibility index (Phi) is 2.64. The highest BCUT2D eigenvalue weighted by molar-refractivity contribution is 5.80. The third-order valence-corrected chi connectivity index (χ3v) is 3.08. The van der Waals surface area contributed by atoms with Gasteiger partial charge in [0, 0.05) is 11.6 Å². The number of hydrogen-bond donors (Lipinski definition) is 2. The maximum atomic E-state index is 10.8. The predicted octanol–water partition coefficient (Wildman–Crippen LogP) is 3.15. The molecule has 0 aliphatic carbocycles. The minimum absolute atomic E-state index is 0.334. The fourth-order valence-corrected chi connectivity index (χ4v) is 2.08. The average molecular weight is 269 g/mol. The Bertz CT molecular complexity index is 824. The first kappa shape index (κ1) is 12.2. The van der Waals surface area contributed by atoms with Gasteiger partial charge in [0.05, 0.1) is 16.0 Å². The molecule has 0 unspecified atom stereocenters. The van der Waals surface area contributed by atoms with Gasteiger partial charge in [0.1, 0.15) is 5.82 Å². The molecular weight excluding hydrogens is 258 g/mol. The summed E-state index contributed by atoms with van der Waals surface area (Å²) in [6.07, 6.45) is 0. The van der Waals surface area contributed by atoms with Crippen molar-refractivity contribution in [2.24, 2.45) is 0 Å². The molecular formula is C14H11N3O3. The van der Waals surface area contributed by atoms with E-state index in [1.165, 1.54) is 12.1 Å². The molecule has 0 amide bonds. The van der Waals surface area contributed by atoms with Gasteiger partial charge in [-0.05, 0) is 36.8 Å². The molecule has 0 saturated heterocycles. The van der Waals surface area contributed by atoms with Gasteiger partial charge in [-0.15, -0.1) is 0 Å². The van der Waals surface area contributed by atoms with Gasteiger partial charge in [-0.1, -0.05) is 6.07 Å². The molecule has 0 saturated carbocycles. The first-order chi connectivity index (χ1) is 9.54. The van der Waals surface area contributed by atoms with Crippen LogP contribution in [-0.4, -0.2) is 20.0 Å². The maximum absolute atomic E-state index is 10.8. The van der Waals surface area contributed by atoms with Crippen LogP contribution in [0.15, 0.2) is 36.4 Å². The standard InChI is InChI=1S/C14H11N3O3/c1-8-2-4-10-11(6-8)16-14(15-10)9-3-5-13(18)12(7-9)17(19)20/h2-7,18H,1H3,(H,15,16). The van der Waals surface area contributed by atoms with Gasteiger partial charge < -0.3 is 10.1 Å². The second-order valence-corrected chi connectivity index (χ2v) is 4.57. The smallest absolute Gasteiger partial charge is 0.311 e. The number of fused-ring (bicyclic) bond motifs is 1. The van der Waals surface area contributed by atoms with Crippen LogP contribution >= 0.6 is 0 Å². The summed E-state index contributed by atoms with van der Waals surface area (Å²) in [6, 6.07) is 9.99. The lowest BCUT2D eigenvalue weighted by Crippen LogP contribution is -1.90. The lowest BCUT2D eigenvalue weighted by atomic mass is 10.2. The van der Waals surface area contributed by atoms with Crippen LogP contribution in [0.1, 0.15) is 5.56 Å². The van der Waals surface area contributed by atoms with Gasteiger partial charge >= 0.3 is 5.69 Å². The van der Waals surface area contributed by atoms with Crippen LogP contribution in [-0.2, 0) is 0 Å². The lowest BCUT2D eigenvalue weighted by molar-refractivity contribution is -0.385. The van der Waals surface area contributed by atoms with Crippen molar-refractivity contribution in [1.29, 1.82) is 0 Å². The number of nitro groups is 1. The van der Waals surface area contributed by atoms with Crippen LogP contribution in [0.5, 0.6) is 5.75 Å². The summed E-state index contributed by atoms with van der Waals surface area (Å²) in [5.74, 6) is 0.180. The summed E-state index contributed by atoms with van der Waals surface area (Å²) in [5.41, 5.74) is 2.99. The van der Waals surface area contributed by atoms with E-state index >= 15 is 0 Å². The van der Waals surface area contributed by atoms with Gasteiger partial charge in [0.2, 0.25) is 0 Å². The zero-order valence-electron chi connectivity index (χ0n) is 10.6. The van der Waals surface area contributed by atoms with E-state index in [9.17, 15) is 15.2 Å². The molecule has 6 nitrogen and oxygen atoms in total. The number of H-pyrrole nitrogens is 1. The fourth-order valence-electron chi connectivity index (χ4n) is 2.08. The number of phenols is 1. The molecule has 100 valence electrons. The first-order valence-electron chi connectivity index (χ1n) is 5.99. The Balaban J connectivity index is 2.15. The topological polar surface area (TPSA) is 92.1 Å². The van der Waals surface area contributed by atoms with E-state index in [1.807, 2.05) is 25.1 Å². The highest BCUT2D eigenvalue weighted by atomic mass is 16.6. The maximum Gasteiger partial charge on any atom is 0.311 e. The van der Waals surface area contributed by atoms with E-state index in [4.69, 9.17) is 0 Å². The number of nitro benzene ring substituents is 1. The molecule has 2 aromatic carbocycles. The number of hydrogen-bond acceptors (Lipinski definition) is 4. The van der Waals surface area contributed by atoms with Crippen molar-refractivity contribution < 1.29 is 10.0 Å². The number of aromatic nitrogens is 2. The van der Waals surface area contributed by atoms with Crippen LogP contribution in [0.3, 0.4) is 0 Å². The second kappa shape index (κ2) is 4.34. The van der Waals surface area contributed by atoms with Crippen molar-refractivity contribution in [2.75, 3.05) is 0 Å². The lowest BCUT2D eigenvalue weighted by Gasteiger charge is -1.99. The molecule has 0 aliphatic heterocycles. The predicted molar refractivity (Wildman–Crippen MR) is 74.6 cm³/mol. The van der Waals surface area contributed by atoms with Gasteiger partial charge in [-0.25, -0.2) is 4.98 Å². The van der Waals surface area contributed by atoms with Gasteiger partial charge in [0.15, 0.2) is 5.75 Å². The average Bonchev–Trinajstić information content (AvgIpc) is 2.81. The first-order valence-corrected chi connectivity index (χ1v) is 5.99. The van der Waals surface area contributed by atoms with Crippen molar-refractivity contribution >= 4 is 16.7 Å². The van der Waals surface area contributed by atoms with Crippen molar-refractivity contribution in [3.05, 3.63) is 52.1 Å². The zero-order valence-corrected chi connectivity index (χ0v) is 10.6. The molecule has 1 aromatic heterocycles. The molecule has 2 N–H and O–H groups in total. The van der Waals surface area contributed by atoms with Gasteiger partial charge in [0.25, 0.3) is 0 Å². The molecule has 0 spiro atoms. The fraction of sp³-hybridized carbons (Fsp3) is 0.0714. The number of benzene rings is 2. The molecule has 0 radical (unpaired) electrons. The Labute approximate surface area is 113 Å². The normalized spacial score (nSPS) is 10.8. The Morgan fingerprint density at radius 3 is 2.80 bits per heavy atom. The molecule has 20 heavy (non-hydrogen) atoms. The van der Waals surface area contributed by atoms with Crippen LogP contribution in [0.4, 0.5) is 5.69 Å². The number of aromatic amines is 1. The summed E-state index contributed by atoms with van der Waals surface area (Å²) in [4.78, 5) is 17.7. The third kappa shape index (κ3) is 1.97.